The van der Waals surface area contributed by atoms with Crippen molar-refractivity contribution < 1.29 is 14.3 Å². The molecule has 0 radical (unpaired) electrons. The average Bonchev–Trinajstić information content (AvgIpc) is 2.41. The fourth-order valence-corrected chi connectivity index (χ4v) is 1.73. The van der Waals surface area contributed by atoms with Gasteiger partial charge >= 0.3 is 5.97 Å². The molecule has 0 aliphatic rings. The van der Waals surface area contributed by atoms with E-state index in [4.69, 9.17) is 9.47 Å². The van der Waals surface area contributed by atoms with Gasteiger partial charge in [-0.1, -0.05) is 64.2 Å². The molecule has 0 aromatic rings. The second kappa shape index (κ2) is 12.9. The highest BCUT2D eigenvalue weighted by Crippen LogP contribution is 2.07. The molecule has 0 N–H and O–H groups in total. The smallest absolute Gasteiger partial charge is 0.335 e. The van der Waals surface area contributed by atoms with Gasteiger partial charge in [0.2, 0.25) is 0 Å². The van der Waals surface area contributed by atoms with Crippen molar-refractivity contribution in [3.05, 3.63) is 24.3 Å². The van der Waals surface area contributed by atoms with E-state index in [0.717, 1.165) is 18.4 Å². The maximum Gasteiger partial charge on any atom is 0.335 e. The fraction of sp³-hybridized carbons (Fsp3) is 0.706. The first-order chi connectivity index (χ1) is 9.57. The molecule has 0 rings (SSSR count). The quantitative estimate of drug-likeness (QED) is 0.217. The van der Waals surface area contributed by atoms with Gasteiger partial charge in [-0.3, -0.25) is 0 Å². The van der Waals surface area contributed by atoms with E-state index in [1.165, 1.54) is 32.1 Å². The summed E-state index contributed by atoms with van der Waals surface area (Å²) in [6.07, 6.45) is 8.45. The van der Waals surface area contributed by atoms with E-state index in [1.807, 2.05) is 6.92 Å². The molecule has 0 saturated heterocycles. The lowest BCUT2D eigenvalue weighted by atomic mass is 10.1. The summed E-state index contributed by atoms with van der Waals surface area (Å²) < 4.78 is 10.4. The van der Waals surface area contributed by atoms with Gasteiger partial charge in [-0.05, 0) is 13.3 Å². The van der Waals surface area contributed by atoms with Gasteiger partial charge < -0.3 is 9.47 Å². The highest BCUT2D eigenvalue weighted by Gasteiger charge is 2.08. The highest BCUT2D eigenvalue weighted by atomic mass is 16.5. The predicted molar refractivity (Wildman–Crippen MR) is 83.7 cm³/mol. The Kier molecular flexibility index (Phi) is 12.2. The van der Waals surface area contributed by atoms with Gasteiger partial charge in [0, 0.05) is 0 Å². The maximum atomic E-state index is 11.6. The van der Waals surface area contributed by atoms with E-state index in [1.54, 1.807) is 0 Å². The van der Waals surface area contributed by atoms with Gasteiger partial charge in [-0.25, -0.2) is 4.79 Å². The average molecular weight is 282 g/mol. The molecule has 20 heavy (non-hydrogen) atoms. The van der Waals surface area contributed by atoms with Crippen LogP contribution in [0.4, 0.5) is 0 Å². The molecule has 0 atom stereocenters. The molecule has 116 valence electrons. The number of ether oxygens (including phenoxy) is 2. The monoisotopic (exact) mass is 282 g/mol. The number of unbranched alkanes of at least 4 members (excludes halogenated alkanes) is 6. The van der Waals surface area contributed by atoms with Gasteiger partial charge in [0.05, 0.1) is 25.4 Å². The Hall–Kier alpha value is -1.09. The molecule has 3 nitrogen and oxygen atoms in total. The Labute approximate surface area is 124 Å². The second-order valence-corrected chi connectivity index (χ2v) is 5.31. The largest absolute Gasteiger partial charge is 0.462 e. The second-order valence-electron chi connectivity index (χ2n) is 5.31. The normalized spacial score (nSPS) is 10.3. The summed E-state index contributed by atoms with van der Waals surface area (Å²) in [6, 6.07) is 0. The molecule has 0 bridgehead atoms. The molecule has 0 unspecified atom stereocenters. The number of hydrogen-bond acceptors (Lipinski definition) is 3. The van der Waals surface area contributed by atoms with Crippen molar-refractivity contribution in [3.8, 4) is 0 Å². The summed E-state index contributed by atoms with van der Waals surface area (Å²) in [5.41, 5.74) is 1.29. The van der Waals surface area contributed by atoms with Gasteiger partial charge in [-0.15, -0.1) is 0 Å². The minimum absolute atomic E-state index is 0.211. The number of carbonyl (C=O) groups excluding carboxylic acids is 1. The third kappa shape index (κ3) is 12.0. The molecule has 3 heteroatoms. The first-order valence-electron chi connectivity index (χ1n) is 7.65. The molecule has 0 saturated carbocycles. The van der Waals surface area contributed by atoms with Crippen molar-refractivity contribution >= 4 is 5.97 Å². The van der Waals surface area contributed by atoms with Crippen LogP contribution in [-0.4, -0.2) is 25.8 Å². The zero-order chi connectivity index (χ0) is 15.2. The molecule has 0 heterocycles. The van der Waals surface area contributed by atoms with Crippen molar-refractivity contribution in [3.63, 3.8) is 0 Å². The molecule has 0 fully saturated rings. The molecule has 0 aromatic carbocycles. The van der Waals surface area contributed by atoms with Crippen molar-refractivity contribution in [2.24, 2.45) is 0 Å². The van der Waals surface area contributed by atoms with Crippen LogP contribution in [0, 0.1) is 0 Å². The Balaban J connectivity index is 3.43. The number of esters is 1. The summed E-state index contributed by atoms with van der Waals surface area (Å²) in [7, 11) is 0. The fourth-order valence-electron chi connectivity index (χ4n) is 1.73. The number of carbonyl (C=O) groups is 1. The summed E-state index contributed by atoms with van der Waals surface area (Å²) in [5.74, 6) is -0.349. The molecule has 0 spiro atoms. The van der Waals surface area contributed by atoms with Gasteiger partial charge in [0.25, 0.3) is 0 Å². The van der Waals surface area contributed by atoms with Gasteiger partial charge in [-0.2, -0.15) is 0 Å². The van der Waals surface area contributed by atoms with Crippen LogP contribution in [-0.2, 0) is 14.3 Å². The number of rotatable bonds is 13. The van der Waals surface area contributed by atoms with Gasteiger partial charge in [0.1, 0.15) is 0 Å². The molecular formula is C17H30O3. The van der Waals surface area contributed by atoms with E-state index in [-0.39, 0.29) is 12.6 Å². The minimum Gasteiger partial charge on any atom is -0.462 e. The van der Waals surface area contributed by atoms with Crippen molar-refractivity contribution in [2.45, 2.75) is 58.8 Å². The predicted octanol–water partition coefficient (Wildman–Crippen LogP) is 4.43. The lowest BCUT2D eigenvalue weighted by Gasteiger charge is -2.08. The zero-order valence-electron chi connectivity index (χ0n) is 13.2. The van der Waals surface area contributed by atoms with Crippen LogP contribution >= 0.6 is 0 Å². The Bertz CT molecular complexity index is 295. The first-order valence-corrected chi connectivity index (χ1v) is 7.65. The van der Waals surface area contributed by atoms with Crippen molar-refractivity contribution in [1.82, 2.24) is 0 Å². The van der Waals surface area contributed by atoms with Gasteiger partial charge in [0.15, 0.2) is 0 Å². The SMILES string of the molecule is C=C(C)COCC(=C)C(=O)OCCCCCCCCC. The third-order valence-electron chi connectivity index (χ3n) is 2.89. The highest BCUT2D eigenvalue weighted by molar-refractivity contribution is 5.87. The summed E-state index contributed by atoms with van der Waals surface area (Å²) in [5, 5.41) is 0. The number of hydrogen-bond donors (Lipinski definition) is 0. The lowest BCUT2D eigenvalue weighted by Crippen LogP contribution is -2.13. The lowest BCUT2D eigenvalue weighted by molar-refractivity contribution is -0.139. The molecular weight excluding hydrogens is 252 g/mol. The molecule has 0 aromatic heterocycles. The van der Waals surface area contributed by atoms with E-state index in [9.17, 15) is 4.79 Å². The van der Waals surface area contributed by atoms with Crippen molar-refractivity contribution in [1.29, 1.82) is 0 Å². The van der Waals surface area contributed by atoms with E-state index >= 15 is 0 Å². The topological polar surface area (TPSA) is 35.5 Å². The maximum absolute atomic E-state index is 11.6. The standard InChI is InChI=1S/C17H30O3/c1-5-6-7-8-9-10-11-12-20-17(18)16(4)14-19-13-15(2)3/h2,4-14H2,1,3H3. The Morgan fingerprint density at radius 2 is 1.55 bits per heavy atom. The third-order valence-corrected chi connectivity index (χ3v) is 2.89. The van der Waals surface area contributed by atoms with Crippen molar-refractivity contribution in [2.75, 3.05) is 19.8 Å². The van der Waals surface area contributed by atoms with E-state index in [0.29, 0.717) is 18.8 Å². The van der Waals surface area contributed by atoms with Crippen LogP contribution < -0.4 is 0 Å². The van der Waals surface area contributed by atoms with Crippen LogP contribution in [0.3, 0.4) is 0 Å². The summed E-state index contributed by atoms with van der Waals surface area (Å²) in [4.78, 5) is 11.6. The Morgan fingerprint density at radius 3 is 2.15 bits per heavy atom. The van der Waals surface area contributed by atoms with Crippen LogP contribution in [0.1, 0.15) is 58.8 Å². The zero-order valence-corrected chi connectivity index (χ0v) is 13.2. The first kappa shape index (κ1) is 18.9. The van der Waals surface area contributed by atoms with Crippen LogP contribution in [0.15, 0.2) is 24.3 Å². The summed E-state index contributed by atoms with van der Waals surface area (Å²) >= 11 is 0. The van der Waals surface area contributed by atoms with Crippen LogP contribution in [0.25, 0.3) is 0 Å². The Morgan fingerprint density at radius 1 is 0.950 bits per heavy atom. The minimum atomic E-state index is -0.349. The molecule has 0 aliphatic carbocycles. The molecule has 0 aliphatic heterocycles. The van der Waals surface area contributed by atoms with E-state index in [2.05, 4.69) is 20.1 Å². The molecule has 0 amide bonds. The van der Waals surface area contributed by atoms with Crippen LogP contribution in [0.2, 0.25) is 0 Å². The van der Waals surface area contributed by atoms with Crippen LogP contribution in [0.5, 0.6) is 0 Å². The summed E-state index contributed by atoms with van der Waals surface area (Å²) in [6.45, 7) is 12.6. The van der Waals surface area contributed by atoms with E-state index < -0.39 is 0 Å².